The average molecular weight is 527 g/mol. The van der Waals surface area contributed by atoms with Gasteiger partial charge >= 0.3 is 7.12 Å². The highest BCUT2D eigenvalue weighted by molar-refractivity contribution is 6.61. The molecule has 0 unspecified atom stereocenters. The molecule has 0 amide bonds. The largest absolute Gasteiger partial charge is 0.497 e. The first-order chi connectivity index (χ1) is 18.6. The number of unbranched alkanes of at least 4 members (excludes halogenated alkanes) is 4. The standard InChI is InChI=1S/C32H45BF2O3/c1-3-5-7-9-24-11-13-26(14-12-24)21-36-30-20-19-29(31(34)32(30)35)33-37-22-28(23-38-33)27-17-15-25(16-18-27)10-8-6-4-2/h15-20,24,26,28H,3-14,21-23H2,1-2H3. The van der Waals surface area contributed by atoms with Gasteiger partial charge in [0.2, 0.25) is 0 Å². The first-order valence-corrected chi connectivity index (χ1v) is 15.0. The lowest BCUT2D eigenvalue weighted by atomic mass is 9.76. The Morgan fingerprint density at radius 3 is 2.13 bits per heavy atom. The lowest BCUT2D eigenvalue weighted by molar-refractivity contribution is 0.120. The molecule has 3 nitrogen and oxygen atoms in total. The van der Waals surface area contributed by atoms with Crippen LogP contribution in [-0.4, -0.2) is 26.9 Å². The Morgan fingerprint density at radius 1 is 0.789 bits per heavy atom. The van der Waals surface area contributed by atoms with Gasteiger partial charge in [0.1, 0.15) is 0 Å². The highest BCUT2D eigenvalue weighted by Gasteiger charge is 2.34. The van der Waals surface area contributed by atoms with Crippen molar-refractivity contribution in [3.05, 3.63) is 59.2 Å². The minimum atomic E-state index is -0.955. The third kappa shape index (κ3) is 8.05. The lowest BCUT2D eigenvalue weighted by Gasteiger charge is -2.29. The Labute approximate surface area is 228 Å². The van der Waals surface area contributed by atoms with Crippen molar-refractivity contribution in [1.82, 2.24) is 0 Å². The molecule has 0 aromatic heterocycles. The van der Waals surface area contributed by atoms with Crippen molar-refractivity contribution in [3.63, 3.8) is 0 Å². The monoisotopic (exact) mass is 526 g/mol. The molecular weight excluding hydrogens is 481 g/mol. The normalized spacial score (nSPS) is 20.6. The van der Waals surface area contributed by atoms with Crippen LogP contribution in [-0.2, 0) is 15.7 Å². The number of halogens is 2. The number of benzene rings is 2. The first kappa shape index (κ1) is 29.1. The van der Waals surface area contributed by atoms with Crippen molar-refractivity contribution in [2.45, 2.75) is 96.8 Å². The summed E-state index contributed by atoms with van der Waals surface area (Å²) in [6, 6.07) is 11.7. The van der Waals surface area contributed by atoms with Crippen molar-refractivity contribution >= 4 is 12.6 Å². The molecule has 0 bridgehead atoms. The first-order valence-electron chi connectivity index (χ1n) is 15.0. The van der Waals surface area contributed by atoms with Gasteiger partial charge in [0, 0.05) is 24.6 Å². The van der Waals surface area contributed by atoms with E-state index in [-0.39, 0.29) is 17.1 Å². The van der Waals surface area contributed by atoms with E-state index < -0.39 is 18.8 Å². The van der Waals surface area contributed by atoms with Crippen molar-refractivity contribution in [2.75, 3.05) is 19.8 Å². The molecule has 1 aliphatic heterocycles. The SMILES string of the molecule is CCCCCc1ccc(C2COB(c3ccc(OCC4CCC(CCCCC)CC4)c(F)c3F)OC2)cc1. The number of rotatable bonds is 13. The topological polar surface area (TPSA) is 27.7 Å². The molecule has 1 aliphatic carbocycles. The van der Waals surface area contributed by atoms with Crippen LogP contribution in [0.3, 0.4) is 0 Å². The molecule has 1 heterocycles. The van der Waals surface area contributed by atoms with Crippen LogP contribution >= 0.6 is 0 Å². The van der Waals surface area contributed by atoms with E-state index >= 15 is 0 Å². The number of hydrogen-bond donors (Lipinski definition) is 0. The zero-order valence-corrected chi connectivity index (χ0v) is 23.4. The van der Waals surface area contributed by atoms with E-state index in [1.807, 2.05) is 0 Å². The Kier molecular flexibility index (Phi) is 11.5. The number of aryl methyl sites for hydroxylation is 1. The second-order valence-electron chi connectivity index (χ2n) is 11.4. The van der Waals surface area contributed by atoms with E-state index in [4.69, 9.17) is 14.0 Å². The lowest BCUT2D eigenvalue weighted by Crippen LogP contribution is -2.45. The molecule has 4 rings (SSSR count). The quantitative estimate of drug-likeness (QED) is 0.196. The van der Waals surface area contributed by atoms with Crippen LogP contribution in [0.1, 0.15) is 102 Å². The van der Waals surface area contributed by atoms with Gasteiger partial charge in [0.25, 0.3) is 0 Å². The molecule has 208 valence electrons. The van der Waals surface area contributed by atoms with Crippen molar-refractivity contribution < 1.29 is 22.8 Å². The number of ether oxygens (including phenoxy) is 1. The van der Waals surface area contributed by atoms with E-state index in [0.29, 0.717) is 25.7 Å². The summed E-state index contributed by atoms with van der Waals surface area (Å²) in [7, 11) is -0.911. The average Bonchev–Trinajstić information content (AvgIpc) is 2.95. The fourth-order valence-electron chi connectivity index (χ4n) is 5.83. The number of hydrogen-bond acceptors (Lipinski definition) is 3. The van der Waals surface area contributed by atoms with Gasteiger partial charge in [0.05, 0.1) is 6.61 Å². The zero-order valence-electron chi connectivity index (χ0n) is 23.4. The van der Waals surface area contributed by atoms with Gasteiger partial charge in [-0.15, -0.1) is 0 Å². The second kappa shape index (κ2) is 15.0. The van der Waals surface area contributed by atoms with Crippen LogP contribution in [0.4, 0.5) is 8.78 Å². The van der Waals surface area contributed by atoms with Crippen molar-refractivity contribution in [3.8, 4) is 5.75 Å². The maximum atomic E-state index is 15.0. The Morgan fingerprint density at radius 2 is 1.45 bits per heavy atom. The molecule has 2 fully saturated rings. The molecule has 1 saturated heterocycles. The highest BCUT2D eigenvalue weighted by Crippen LogP contribution is 2.33. The predicted octanol–water partition coefficient (Wildman–Crippen LogP) is 7.99. The van der Waals surface area contributed by atoms with Crippen molar-refractivity contribution in [1.29, 1.82) is 0 Å². The summed E-state index contributed by atoms with van der Waals surface area (Å²) in [5.74, 6) is -0.619. The van der Waals surface area contributed by atoms with E-state index in [9.17, 15) is 8.78 Å². The summed E-state index contributed by atoms with van der Waals surface area (Å²) in [5, 5.41) is 0. The molecule has 6 heteroatoms. The summed E-state index contributed by atoms with van der Waals surface area (Å²) in [6.07, 6.45) is 14.6. The van der Waals surface area contributed by atoms with Gasteiger partial charge in [-0.1, -0.05) is 95.5 Å². The summed E-state index contributed by atoms with van der Waals surface area (Å²) < 4.78 is 47.3. The minimum Gasteiger partial charge on any atom is -0.490 e. The van der Waals surface area contributed by atoms with Crippen molar-refractivity contribution in [2.24, 2.45) is 11.8 Å². The van der Waals surface area contributed by atoms with Crippen LogP contribution in [0.2, 0.25) is 0 Å². The smallest absolute Gasteiger partial charge is 0.490 e. The van der Waals surface area contributed by atoms with Crippen LogP contribution in [0.5, 0.6) is 5.75 Å². The molecule has 0 atom stereocenters. The predicted molar refractivity (Wildman–Crippen MR) is 151 cm³/mol. The summed E-state index contributed by atoms with van der Waals surface area (Å²) in [6.45, 7) is 5.69. The fourth-order valence-corrected chi connectivity index (χ4v) is 5.83. The second-order valence-corrected chi connectivity index (χ2v) is 11.4. The van der Waals surface area contributed by atoms with Crippen LogP contribution in [0.25, 0.3) is 0 Å². The van der Waals surface area contributed by atoms with Gasteiger partial charge in [-0.2, -0.15) is 4.39 Å². The Bertz CT molecular complexity index is 967. The van der Waals surface area contributed by atoms with Gasteiger partial charge in [-0.05, 0) is 54.7 Å². The van der Waals surface area contributed by atoms with E-state index in [2.05, 4.69) is 38.1 Å². The third-order valence-electron chi connectivity index (χ3n) is 8.41. The Balaban J connectivity index is 1.24. The molecular formula is C32H45BF2O3. The fraction of sp³-hybridized carbons (Fsp3) is 0.625. The van der Waals surface area contributed by atoms with E-state index in [1.165, 1.54) is 75.5 Å². The van der Waals surface area contributed by atoms with Gasteiger partial charge in [0.15, 0.2) is 17.4 Å². The summed E-state index contributed by atoms with van der Waals surface area (Å²) in [4.78, 5) is 0. The maximum Gasteiger partial charge on any atom is 0.497 e. The van der Waals surface area contributed by atoms with Gasteiger partial charge in [-0.3, -0.25) is 0 Å². The van der Waals surface area contributed by atoms with Crippen LogP contribution in [0.15, 0.2) is 36.4 Å². The van der Waals surface area contributed by atoms with E-state index in [1.54, 1.807) is 0 Å². The third-order valence-corrected chi connectivity index (χ3v) is 8.41. The van der Waals surface area contributed by atoms with Crippen LogP contribution < -0.4 is 10.2 Å². The molecule has 2 aromatic rings. The molecule has 1 saturated carbocycles. The van der Waals surface area contributed by atoms with Gasteiger partial charge < -0.3 is 14.0 Å². The molecule has 0 N–H and O–H groups in total. The molecule has 38 heavy (non-hydrogen) atoms. The van der Waals surface area contributed by atoms with E-state index in [0.717, 1.165) is 30.7 Å². The van der Waals surface area contributed by atoms with Gasteiger partial charge in [-0.25, -0.2) is 4.39 Å². The molecule has 2 aromatic carbocycles. The molecule has 0 spiro atoms. The zero-order chi connectivity index (χ0) is 26.7. The summed E-state index contributed by atoms with van der Waals surface area (Å²) in [5.41, 5.74) is 2.58. The van der Waals surface area contributed by atoms with Crippen LogP contribution in [0, 0.1) is 23.5 Å². The maximum absolute atomic E-state index is 15.0. The highest BCUT2D eigenvalue weighted by atomic mass is 19.2. The molecule has 2 aliphatic rings. The minimum absolute atomic E-state index is 0.0240. The summed E-state index contributed by atoms with van der Waals surface area (Å²) >= 11 is 0. The Hall–Kier alpha value is -1.92. The molecule has 0 radical (unpaired) electrons.